The number of amides is 2. The molecule has 2 aromatic carbocycles. The largest absolute Gasteiger partial charge is 0.348 e. The standard InChI is InChI=1S/C23H29N3O2/c1-3-19-9-11-21(12-10-19)23(28)26-15-13-25(14-16-26)17-22(27)24-18(2)20-7-5-4-6-8-20/h4-12,18H,3,13-17H2,1-2H3,(H,24,27). The maximum Gasteiger partial charge on any atom is 0.253 e. The second kappa shape index (κ2) is 9.51. The Morgan fingerprint density at radius 1 is 0.964 bits per heavy atom. The first-order chi connectivity index (χ1) is 13.6. The first-order valence-electron chi connectivity index (χ1n) is 10.0. The van der Waals surface area contributed by atoms with Crippen LogP contribution in [-0.2, 0) is 11.2 Å². The molecule has 28 heavy (non-hydrogen) atoms. The third kappa shape index (κ3) is 5.20. The summed E-state index contributed by atoms with van der Waals surface area (Å²) < 4.78 is 0. The van der Waals surface area contributed by atoms with E-state index in [0.29, 0.717) is 32.7 Å². The molecule has 3 rings (SSSR count). The Hall–Kier alpha value is -2.66. The van der Waals surface area contributed by atoms with Gasteiger partial charge in [0.05, 0.1) is 12.6 Å². The summed E-state index contributed by atoms with van der Waals surface area (Å²) in [7, 11) is 0. The lowest BCUT2D eigenvalue weighted by atomic mass is 10.1. The van der Waals surface area contributed by atoms with Crippen LogP contribution in [0.5, 0.6) is 0 Å². The molecule has 1 fully saturated rings. The smallest absolute Gasteiger partial charge is 0.253 e. The number of carbonyl (C=O) groups excluding carboxylic acids is 2. The van der Waals surface area contributed by atoms with Crippen molar-refractivity contribution < 1.29 is 9.59 Å². The van der Waals surface area contributed by atoms with E-state index in [1.54, 1.807) is 0 Å². The van der Waals surface area contributed by atoms with Crippen molar-refractivity contribution in [3.05, 3.63) is 71.3 Å². The van der Waals surface area contributed by atoms with Gasteiger partial charge in [0, 0.05) is 31.7 Å². The first kappa shape index (κ1) is 20.1. The van der Waals surface area contributed by atoms with Gasteiger partial charge in [0.2, 0.25) is 5.91 Å². The molecule has 0 aliphatic carbocycles. The maximum absolute atomic E-state index is 12.7. The van der Waals surface area contributed by atoms with Crippen molar-refractivity contribution in [1.29, 1.82) is 0 Å². The molecule has 5 nitrogen and oxygen atoms in total. The zero-order valence-corrected chi connectivity index (χ0v) is 16.7. The van der Waals surface area contributed by atoms with Crippen molar-refractivity contribution >= 4 is 11.8 Å². The molecule has 2 aromatic rings. The predicted octanol–water partition coefficient (Wildman–Crippen LogP) is 2.88. The lowest BCUT2D eigenvalue weighted by molar-refractivity contribution is -0.123. The summed E-state index contributed by atoms with van der Waals surface area (Å²) >= 11 is 0. The highest BCUT2D eigenvalue weighted by molar-refractivity contribution is 5.94. The van der Waals surface area contributed by atoms with Gasteiger partial charge in [-0.15, -0.1) is 0 Å². The summed E-state index contributed by atoms with van der Waals surface area (Å²) in [5, 5.41) is 3.05. The van der Waals surface area contributed by atoms with E-state index >= 15 is 0 Å². The van der Waals surface area contributed by atoms with Gasteiger partial charge in [-0.3, -0.25) is 14.5 Å². The fourth-order valence-electron chi connectivity index (χ4n) is 3.49. The number of nitrogens with zero attached hydrogens (tertiary/aromatic N) is 2. The molecule has 1 N–H and O–H groups in total. The van der Waals surface area contributed by atoms with Gasteiger partial charge < -0.3 is 10.2 Å². The SMILES string of the molecule is CCc1ccc(C(=O)N2CCN(CC(=O)NC(C)c3ccccc3)CC2)cc1. The second-order valence-electron chi connectivity index (χ2n) is 7.32. The molecule has 1 atom stereocenters. The molecule has 0 aromatic heterocycles. The van der Waals surface area contributed by atoms with Crippen molar-refractivity contribution in [3.8, 4) is 0 Å². The molecular weight excluding hydrogens is 350 g/mol. The maximum atomic E-state index is 12.7. The fraction of sp³-hybridized carbons (Fsp3) is 0.391. The summed E-state index contributed by atoms with van der Waals surface area (Å²) in [6.45, 7) is 7.19. The van der Waals surface area contributed by atoms with Crippen molar-refractivity contribution in [1.82, 2.24) is 15.1 Å². The molecule has 1 unspecified atom stereocenters. The Bertz CT molecular complexity index is 781. The number of benzene rings is 2. The monoisotopic (exact) mass is 379 g/mol. The Kier molecular flexibility index (Phi) is 6.82. The fourth-order valence-corrected chi connectivity index (χ4v) is 3.49. The minimum atomic E-state index is -0.0114. The van der Waals surface area contributed by atoms with Crippen LogP contribution >= 0.6 is 0 Å². The van der Waals surface area contributed by atoms with Gasteiger partial charge in [0.25, 0.3) is 5.91 Å². The topological polar surface area (TPSA) is 52.7 Å². The van der Waals surface area contributed by atoms with Gasteiger partial charge in [-0.1, -0.05) is 49.4 Å². The summed E-state index contributed by atoms with van der Waals surface area (Å²) in [5.74, 6) is 0.0933. The van der Waals surface area contributed by atoms with E-state index in [-0.39, 0.29) is 17.9 Å². The molecule has 0 radical (unpaired) electrons. The van der Waals surface area contributed by atoms with E-state index in [4.69, 9.17) is 0 Å². The van der Waals surface area contributed by atoms with Gasteiger partial charge in [-0.05, 0) is 36.6 Å². The van der Waals surface area contributed by atoms with Crippen molar-refractivity contribution in [3.63, 3.8) is 0 Å². The van der Waals surface area contributed by atoms with Gasteiger partial charge in [0.15, 0.2) is 0 Å². The molecule has 1 aliphatic rings. The lowest BCUT2D eigenvalue weighted by Gasteiger charge is -2.34. The zero-order chi connectivity index (χ0) is 19.9. The van der Waals surface area contributed by atoms with E-state index in [0.717, 1.165) is 17.5 Å². The van der Waals surface area contributed by atoms with Crippen LogP contribution in [0.3, 0.4) is 0 Å². The van der Waals surface area contributed by atoms with Gasteiger partial charge in [0.1, 0.15) is 0 Å². The lowest BCUT2D eigenvalue weighted by Crippen LogP contribution is -2.51. The van der Waals surface area contributed by atoms with Crippen LogP contribution in [0, 0.1) is 0 Å². The number of nitrogens with one attached hydrogen (secondary N) is 1. The van der Waals surface area contributed by atoms with Crippen LogP contribution in [-0.4, -0.2) is 54.3 Å². The Morgan fingerprint density at radius 3 is 2.21 bits per heavy atom. The van der Waals surface area contributed by atoms with Gasteiger partial charge >= 0.3 is 0 Å². The normalized spacial score (nSPS) is 15.9. The summed E-state index contributed by atoms with van der Waals surface area (Å²) in [6.07, 6.45) is 0.970. The molecule has 2 amide bonds. The molecular formula is C23H29N3O2. The van der Waals surface area contributed by atoms with E-state index in [1.165, 1.54) is 5.56 Å². The van der Waals surface area contributed by atoms with Gasteiger partial charge in [-0.2, -0.15) is 0 Å². The number of piperazine rings is 1. The highest BCUT2D eigenvalue weighted by Crippen LogP contribution is 2.13. The summed E-state index contributed by atoms with van der Waals surface area (Å²) in [5.41, 5.74) is 3.07. The Morgan fingerprint density at radius 2 is 1.61 bits per heavy atom. The average molecular weight is 380 g/mol. The van der Waals surface area contributed by atoms with Crippen LogP contribution in [0.15, 0.2) is 54.6 Å². The first-order valence-corrected chi connectivity index (χ1v) is 10.0. The average Bonchev–Trinajstić information content (AvgIpc) is 2.74. The van der Waals surface area contributed by atoms with Crippen LogP contribution in [0.25, 0.3) is 0 Å². The highest BCUT2D eigenvalue weighted by atomic mass is 16.2. The molecule has 0 bridgehead atoms. The molecule has 0 spiro atoms. The molecule has 148 valence electrons. The van der Waals surface area contributed by atoms with E-state index in [9.17, 15) is 9.59 Å². The van der Waals surface area contributed by atoms with Crippen LogP contribution in [0.4, 0.5) is 0 Å². The van der Waals surface area contributed by atoms with Crippen molar-refractivity contribution in [2.45, 2.75) is 26.3 Å². The Balaban J connectivity index is 1.45. The van der Waals surface area contributed by atoms with Gasteiger partial charge in [-0.25, -0.2) is 0 Å². The van der Waals surface area contributed by atoms with Crippen LogP contribution < -0.4 is 5.32 Å². The second-order valence-corrected chi connectivity index (χ2v) is 7.32. The number of aryl methyl sites for hydroxylation is 1. The van der Waals surface area contributed by atoms with E-state index in [2.05, 4.69) is 17.1 Å². The third-order valence-corrected chi connectivity index (χ3v) is 5.31. The predicted molar refractivity (Wildman–Crippen MR) is 111 cm³/mol. The quantitative estimate of drug-likeness (QED) is 0.840. The molecule has 1 saturated heterocycles. The van der Waals surface area contributed by atoms with E-state index in [1.807, 2.05) is 66.4 Å². The van der Waals surface area contributed by atoms with Crippen LogP contribution in [0.2, 0.25) is 0 Å². The van der Waals surface area contributed by atoms with Crippen molar-refractivity contribution in [2.75, 3.05) is 32.7 Å². The number of carbonyl (C=O) groups is 2. The molecule has 1 heterocycles. The molecule has 0 saturated carbocycles. The Labute approximate surface area is 167 Å². The zero-order valence-electron chi connectivity index (χ0n) is 16.7. The number of hydrogen-bond acceptors (Lipinski definition) is 3. The van der Waals surface area contributed by atoms with Crippen molar-refractivity contribution in [2.24, 2.45) is 0 Å². The molecule has 1 aliphatic heterocycles. The summed E-state index contributed by atoms with van der Waals surface area (Å²) in [6, 6.07) is 17.8. The number of hydrogen-bond donors (Lipinski definition) is 1. The third-order valence-electron chi connectivity index (χ3n) is 5.31. The molecule has 5 heteroatoms. The minimum absolute atomic E-state index is 0.0114. The summed E-state index contributed by atoms with van der Waals surface area (Å²) in [4.78, 5) is 29.0. The van der Waals surface area contributed by atoms with Crippen LogP contribution in [0.1, 0.15) is 41.4 Å². The highest BCUT2D eigenvalue weighted by Gasteiger charge is 2.23. The minimum Gasteiger partial charge on any atom is -0.348 e. The van der Waals surface area contributed by atoms with E-state index < -0.39 is 0 Å². The number of rotatable bonds is 6.